The quantitative estimate of drug-likeness (QED) is 0.274. The number of carboxylic acid groups (broad SMARTS) is 1. The van der Waals surface area contributed by atoms with Crippen LogP contribution in [-0.2, 0) is 15.8 Å². The number of hydrogen-bond acceptors (Lipinski definition) is 5. The number of aromatic nitrogens is 1. The third-order valence-electron chi connectivity index (χ3n) is 9.21. The summed E-state index contributed by atoms with van der Waals surface area (Å²) in [5.41, 5.74) is -1.43. The van der Waals surface area contributed by atoms with Crippen LogP contribution < -0.4 is 4.74 Å². The fraction of sp³-hybridized carbons (Fsp3) is 0.588. The van der Waals surface area contributed by atoms with Crippen molar-refractivity contribution in [1.82, 2.24) is 14.8 Å². The van der Waals surface area contributed by atoms with E-state index in [4.69, 9.17) is 4.74 Å². The van der Waals surface area contributed by atoms with Crippen molar-refractivity contribution in [2.45, 2.75) is 90.3 Å². The normalized spacial score (nSPS) is 19.8. The van der Waals surface area contributed by atoms with Crippen LogP contribution in [0.3, 0.4) is 0 Å². The number of alkyl halides is 3. The van der Waals surface area contributed by atoms with Gasteiger partial charge in [-0.3, -0.25) is 19.4 Å². The van der Waals surface area contributed by atoms with Crippen LogP contribution >= 0.6 is 0 Å². The van der Waals surface area contributed by atoms with Crippen molar-refractivity contribution >= 4 is 17.8 Å². The molecule has 8 nitrogen and oxygen atoms in total. The summed E-state index contributed by atoms with van der Waals surface area (Å²) in [7, 11) is 0. The minimum Gasteiger partial charge on any atom is -0.493 e. The molecule has 4 rings (SSSR count). The van der Waals surface area contributed by atoms with Gasteiger partial charge in [-0.2, -0.15) is 13.2 Å². The molecular formula is C34H44F3N3O5. The second kappa shape index (κ2) is 14.6. The predicted octanol–water partition coefficient (Wildman–Crippen LogP) is 6.80. The molecule has 1 aromatic carbocycles. The van der Waals surface area contributed by atoms with Gasteiger partial charge in [0, 0.05) is 31.9 Å². The summed E-state index contributed by atoms with van der Waals surface area (Å²) in [4.78, 5) is 45.9. The summed E-state index contributed by atoms with van der Waals surface area (Å²) in [5, 5.41) is 9.35. The lowest BCUT2D eigenvalue weighted by atomic mass is 9.83. The Balaban J connectivity index is 1.41. The summed E-state index contributed by atoms with van der Waals surface area (Å²) in [6.45, 7) is 7.11. The van der Waals surface area contributed by atoms with Gasteiger partial charge >= 0.3 is 12.1 Å². The molecule has 246 valence electrons. The van der Waals surface area contributed by atoms with E-state index in [0.717, 1.165) is 30.2 Å². The number of hydrogen-bond donors (Lipinski definition) is 1. The van der Waals surface area contributed by atoms with Crippen molar-refractivity contribution in [2.24, 2.45) is 11.3 Å². The van der Waals surface area contributed by atoms with Crippen LogP contribution in [0.1, 0.15) is 99.7 Å². The Morgan fingerprint density at radius 3 is 2.40 bits per heavy atom. The summed E-state index contributed by atoms with van der Waals surface area (Å²) in [6.07, 6.45) is 1.35. The molecule has 11 heteroatoms. The third kappa shape index (κ3) is 8.16. The van der Waals surface area contributed by atoms with Crippen molar-refractivity contribution in [3.05, 3.63) is 59.4 Å². The molecule has 1 N–H and O–H groups in total. The number of amides is 2. The lowest BCUT2D eigenvalue weighted by molar-refractivity contribution is -0.147. The molecule has 2 aliphatic rings. The maximum atomic E-state index is 13.9. The van der Waals surface area contributed by atoms with E-state index in [1.165, 1.54) is 17.2 Å². The van der Waals surface area contributed by atoms with E-state index >= 15 is 0 Å². The van der Waals surface area contributed by atoms with Gasteiger partial charge in [0.2, 0.25) is 5.91 Å². The average molecular weight is 632 g/mol. The van der Waals surface area contributed by atoms with Gasteiger partial charge in [0.05, 0.1) is 23.5 Å². The molecule has 2 saturated heterocycles. The predicted molar refractivity (Wildman–Crippen MR) is 163 cm³/mol. The van der Waals surface area contributed by atoms with Crippen LogP contribution in [-0.4, -0.2) is 70.0 Å². The Kier molecular flexibility index (Phi) is 11.1. The Hall–Kier alpha value is -3.63. The lowest BCUT2D eigenvalue weighted by Crippen LogP contribution is -2.54. The van der Waals surface area contributed by atoms with E-state index in [0.29, 0.717) is 58.2 Å². The van der Waals surface area contributed by atoms with Gasteiger partial charge < -0.3 is 19.6 Å². The first-order valence-electron chi connectivity index (χ1n) is 15.9. The van der Waals surface area contributed by atoms with Crippen molar-refractivity contribution in [2.75, 3.05) is 26.2 Å². The molecule has 2 unspecified atom stereocenters. The van der Waals surface area contributed by atoms with Gasteiger partial charge in [-0.1, -0.05) is 31.5 Å². The molecule has 0 spiro atoms. The lowest BCUT2D eigenvalue weighted by Gasteiger charge is -2.43. The number of carboxylic acids is 1. The van der Waals surface area contributed by atoms with E-state index < -0.39 is 46.7 Å². The molecule has 0 bridgehead atoms. The number of likely N-dealkylation sites (tertiary alicyclic amines) is 2. The highest BCUT2D eigenvalue weighted by molar-refractivity contribution is 5.95. The fourth-order valence-electron chi connectivity index (χ4n) is 6.59. The number of benzene rings is 1. The van der Waals surface area contributed by atoms with Crippen LogP contribution in [0.2, 0.25) is 0 Å². The summed E-state index contributed by atoms with van der Waals surface area (Å²) in [6, 6.07) is 9.37. The Bertz CT molecular complexity index is 1340. The first-order chi connectivity index (χ1) is 21.3. The van der Waals surface area contributed by atoms with Gasteiger partial charge in [0.15, 0.2) is 0 Å². The summed E-state index contributed by atoms with van der Waals surface area (Å²) in [5.74, 6) is -1.19. The van der Waals surface area contributed by atoms with Crippen molar-refractivity contribution in [1.29, 1.82) is 0 Å². The van der Waals surface area contributed by atoms with E-state index in [-0.39, 0.29) is 18.4 Å². The second-order valence-corrected chi connectivity index (χ2v) is 12.8. The van der Waals surface area contributed by atoms with Crippen LogP contribution in [0.15, 0.2) is 42.6 Å². The minimum atomic E-state index is -4.71. The molecule has 0 radical (unpaired) electrons. The number of para-hydroxylation sites is 1. The minimum absolute atomic E-state index is 0.0490. The zero-order chi connectivity index (χ0) is 32.8. The van der Waals surface area contributed by atoms with E-state index in [1.54, 1.807) is 13.8 Å². The summed E-state index contributed by atoms with van der Waals surface area (Å²) < 4.78 is 47.2. The van der Waals surface area contributed by atoms with Crippen molar-refractivity contribution < 1.29 is 37.4 Å². The van der Waals surface area contributed by atoms with Crippen LogP contribution in [0.5, 0.6) is 5.75 Å². The van der Waals surface area contributed by atoms with Crippen molar-refractivity contribution in [3.8, 4) is 5.75 Å². The number of carbonyl (C=O) groups excluding carboxylic acids is 2. The molecule has 45 heavy (non-hydrogen) atoms. The maximum Gasteiger partial charge on any atom is 0.418 e. The number of pyridine rings is 1. The Morgan fingerprint density at radius 2 is 1.73 bits per heavy atom. The molecule has 0 aliphatic carbocycles. The largest absolute Gasteiger partial charge is 0.493 e. The van der Waals surface area contributed by atoms with Crippen LogP contribution in [0, 0.1) is 11.3 Å². The monoisotopic (exact) mass is 631 g/mol. The third-order valence-corrected chi connectivity index (χ3v) is 9.21. The summed E-state index contributed by atoms with van der Waals surface area (Å²) >= 11 is 0. The zero-order valence-corrected chi connectivity index (χ0v) is 26.3. The fourth-order valence-corrected chi connectivity index (χ4v) is 6.59. The van der Waals surface area contributed by atoms with Gasteiger partial charge in [-0.25, -0.2) is 0 Å². The van der Waals surface area contributed by atoms with Crippen molar-refractivity contribution in [3.63, 3.8) is 0 Å². The Labute approximate surface area is 262 Å². The van der Waals surface area contributed by atoms with Gasteiger partial charge in [-0.15, -0.1) is 0 Å². The number of rotatable bonds is 11. The highest BCUT2D eigenvalue weighted by atomic mass is 19.4. The van der Waals surface area contributed by atoms with Crippen LogP contribution in [0.25, 0.3) is 0 Å². The van der Waals surface area contributed by atoms with Gasteiger partial charge in [0.25, 0.3) is 5.91 Å². The number of halogens is 3. The number of ether oxygens (including phenoxy) is 1. The highest BCUT2D eigenvalue weighted by Crippen LogP contribution is 2.38. The number of piperidine rings is 2. The molecule has 3 heterocycles. The first kappa shape index (κ1) is 34.2. The average Bonchev–Trinajstić information content (AvgIpc) is 3.02. The smallest absolute Gasteiger partial charge is 0.418 e. The molecular weight excluding hydrogens is 587 g/mol. The van der Waals surface area contributed by atoms with E-state index in [2.05, 4.69) is 4.98 Å². The SMILES string of the molecule is CCCC1C(C(=O)N2CCC(c3ccccc3OCCCC(C)(C)C(=O)O)CC2)CCCN1C(=O)c1ncccc1C(F)(F)F. The highest BCUT2D eigenvalue weighted by Gasteiger charge is 2.43. The number of aliphatic carboxylic acids is 1. The van der Waals surface area contributed by atoms with E-state index in [9.17, 15) is 32.7 Å². The molecule has 1 aromatic heterocycles. The molecule has 2 aromatic rings. The van der Waals surface area contributed by atoms with Crippen LogP contribution in [0.4, 0.5) is 13.2 Å². The molecule has 2 fully saturated rings. The van der Waals surface area contributed by atoms with Gasteiger partial charge in [0.1, 0.15) is 11.4 Å². The standard InChI is InChI=1S/C34H44F3N3O5/c1-4-10-27-25(12-8-19-40(27)31(42)29-26(34(35,36)37)13-7-18-38-29)30(41)39-20-15-23(16-21-39)24-11-5-6-14-28(24)45-22-9-17-33(2,3)32(43)44/h5-7,11,13-14,18,23,25,27H,4,8-10,12,15-17,19-22H2,1-3H3,(H,43,44). The number of carbonyl (C=O) groups is 3. The van der Waals surface area contributed by atoms with E-state index in [1.807, 2.05) is 36.1 Å². The van der Waals surface area contributed by atoms with Gasteiger partial charge in [-0.05, 0) is 88.5 Å². The molecule has 2 amide bonds. The second-order valence-electron chi connectivity index (χ2n) is 12.8. The molecule has 2 atom stereocenters. The topological polar surface area (TPSA) is 100 Å². The maximum absolute atomic E-state index is 13.9. The first-order valence-corrected chi connectivity index (χ1v) is 15.9. The number of nitrogens with zero attached hydrogens (tertiary/aromatic N) is 3. The molecule has 2 aliphatic heterocycles. The zero-order valence-electron chi connectivity index (χ0n) is 26.3. The molecule has 0 saturated carbocycles. The Morgan fingerprint density at radius 1 is 1.02 bits per heavy atom.